The van der Waals surface area contributed by atoms with Gasteiger partial charge in [-0.1, -0.05) is 38.1 Å². The summed E-state index contributed by atoms with van der Waals surface area (Å²) >= 11 is 0. The quantitative estimate of drug-likeness (QED) is 0.725. The number of pyridine rings is 1. The van der Waals surface area contributed by atoms with Gasteiger partial charge >= 0.3 is 0 Å². The molecule has 0 saturated heterocycles. The number of fused-ring (bicyclic) bond motifs is 1. The van der Waals surface area contributed by atoms with E-state index in [1.165, 1.54) is 11.8 Å². The number of aromatic amines is 1. The number of rotatable bonds is 4. The fourth-order valence-corrected chi connectivity index (χ4v) is 2.31. The average molecular weight is 295 g/mol. The van der Waals surface area contributed by atoms with E-state index in [4.69, 9.17) is 5.11 Å². The molecule has 2 aromatic heterocycles. The number of carbonyl (C=O) groups is 1. The van der Waals surface area contributed by atoms with Gasteiger partial charge in [0.1, 0.15) is 12.4 Å². The zero-order chi connectivity index (χ0) is 15.7. The molecule has 3 rings (SSSR count). The molecule has 2 heterocycles. The van der Waals surface area contributed by atoms with E-state index in [9.17, 15) is 4.79 Å². The van der Waals surface area contributed by atoms with Crippen molar-refractivity contribution in [1.29, 1.82) is 0 Å². The standard InChI is InChI=1S/C17H17N3O2/c1-10(2)11-3-5-12(6-4-11)16-19-14-7-13(15(22)9-21)8-18-17(14)20-16/h3-8,10,21H,9H2,1-2H3,(H,18,19,20). The number of aliphatic hydroxyl groups is 1. The first-order valence-corrected chi connectivity index (χ1v) is 7.18. The van der Waals surface area contributed by atoms with Gasteiger partial charge in [0.15, 0.2) is 11.4 Å². The van der Waals surface area contributed by atoms with Gasteiger partial charge in [-0.15, -0.1) is 0 Å². The van der Waals surface area contributed by atoms with Crippen molar-refractivity contribution >= 4 is 16.9 Å². The van der Waals surface area contributed by atoms with Crippen LogP contribution in [-0.2, 0) is 0 Å². The molecule has 0 saturated carbocycles. The number of H-pyrrole nitrogens is 1. The number of hydrogen-bond donors (Lipinski definition) is 2. The molecule has 0 fully saturated rings. The van der Waals surface area contributed by atoms with Crippen LogP contribution in [0.3, 0.4) is 0 Å². The Morgan fingerprint density at radius 3 is 2.64 bits per heavy atom. The summed E-state index contributed by atoms with van der Waals surface area (Å²) < 4.78 is 0. The highest BCUT2D eigenvalue weighted by Gasteiger charge is 2.10. The minimum Gasteiger partial charge on any atom is -0.388 e. The molecule has 3 aromatic rings. The molecule has 2 N–H and O–H groups in total. The molecule has 1 aromatic carbocycles. The Morgan fingerprint density at radius 2 is 2.00 bits per heavy atom. The molecule has 0 aliphatic heterocycles. The fraction of sp³-hybridized carbons (Fsp3) is 0.235. The number of imidazole rings is 1. The second-order valence-electron chi connectivity index (χ2n) is 5.54. The van der Waals surface area contributed by atoms with Crippen LogP contribution in [-0.4, -0.2) is 32.4 Å². The normalized spacial score (nSPS) is 11.3. The van der Waals surface area contributed by atoms with Crippen LogP contribution in [0.5, 0.6) is 0 Å². The molecule has 0 unspecified atom stereocenters. The number of aromatic nitrogens is 3. The van der Waals surface area contributed by atoms with Crippen molar-refractivity contribution < 1.29 is 9.90 Å². The molecule has 0 radical (unpaired) electrons. The third-order valence-corrected chi connectivity index (χ3v) is 3.65. The van der Waals surface area contributed by atoms with Crippen molar-refractivity contribution in [3.8, 4) is 11.4 Å². The SMILES string of the molecule is CC(C)c1ccc(-c2nc3ncc(C(=O)CO)cc3[nH]2)cc1. The van der Waals surface area contributed by atoms with Gasteiger partial charge in [-0.2, -0.15) is 0 Å². The van der Waals surface area contributed by atoms with Crippen LogP contribution in [0.4, 0.5) is 0 Å². The van der Waals surface area contributed by atoms with E-state index < -0.39 is 6.61 Å². The van der Waals surface area contributed by atoms with E-state index >= 15 is 0 Å². The van der Waals surface area contributed by atoms with Crippen molar-refractivity contribution in [2.24, 2.45) is 0 Å². The Kier molecular flexibility index (Phi) is 3.73. The molecule has 5 heteroatoms. The minimum absolute atomic E-state index is 0.355. The molecule has 0 aliphatic carbocycles. The van der Waals surface area contributed by atoms with E-state index in [2.05, 4.69) is 40.9 Å². The lowest BCUT2D eigenvalue weighted by Gasteiger charge is -2.05. The monoisotopic (exact) mass is 295 g/mol. The molecule has 0 atom stereocenters. The van der Waals surface area contributed by atoms with Crippen LogP contribution in [0.25, 0.3) is 22.6 Å². The number of nitrogens with one attached hydrogen (secondary N) is 1. The lowest BCUT2D eigenvalue weighted by molar-refractivity contribution is 0.0903. The zero-order valence-corrected chi connectivity index (χ0v) is 12.5. The summed E-state index contributed by atoms with van der Waals surface area (Å²) in [6.45, 7) is 3.78. The highest BCUT2D eigenvalue weighted by atomic mass is 16.3. The van der Waals surface area contributed by atoms with Gasteiger partial charge in [-0.3, -0.25) is 4.79 Å². The number of hydrogen-bond acceptors (Lipinski definition) is 4. The number of nitrogens with zero attached hydrogens (tertiary/aromatic N) is 2. The molecular weight excluding hydrogens is 278 g/mol. The second kappa shape index (κ2) is 5.69. The summed E-state index contributed by atoms with van der Waals surface area (Å²) in [6.07, 6.45) is 1.44. The Bertz CT molecular complexity index is 820. The summed E-state index contributed by atoms with van der Waals surface area (Å²) in [5.41, 5.74) is 3.85. The maximum atomic E-state index is 11.5. The predicted octanol–water partition coefficient (Wildman–Crippen LogP) is 2.92. The number of benzene rings is 1. The summed E-state index contributed by atoms with van der Waals surface area (Å²) in [6, 6.07) is 9.88. The number of ketones is 1. The van der Waals surface area contributed by atoms with Crippen molar-refractivity contribution in [2.45, 2.75) is 19.8 Å². The summed E-state index contributed by atoms with van der Waals surface area (Å²) in [5, 5.41) is 8.91. The molecule has 112 valence electrons. The Hall–Kier alpha value is -2.53. The summed E-state index contributed by atoms with van der Waals surface area (Å²) in [4.78, 5) is 23.3. The Labute approximate surface area is 128 Å². The third kappa shape index (κ3) is 2.63. The maximum Gasteiger partial charge on any atom is 0.189 e. The van der Waals surface area contributed by atoms with E-state index in [0.29, 0.717) is 28.5 Å². The van der Waals surface area contributed by atoms with Crippen molar-refractivity contribution in [3.63, 3.8) is 0 Å². The molecule has 0 spiro atoms. The van der Waals surface area contributed by atoms with Gasteiger partial charge in [0.25, 0.3) is 0 Å². The average Bonchev–Trinajstić information content (AvgIpc) is 2.97. The second-order valence-corrected chi connectivity index (χ2v) is 5.54. The largest absolute Gasteiger partial charge is 0.388 e. The number of aliphatic hydroxyl groups excluding tert-OH is 1. The lowest BCUT2D eigenvalue weighted by atomic mass is 10.0. The highest BCUT2D eigenvalue weighted by molar-refractivity contribution is 5.98. The smallest absolute Gasteiger partial charge is 0.189 e. The van der Waals surface area contributed by atoms with E-state index in [1.807, 2.05) is 12.1 Å². The molecule has 5 nitrogen and oxygen atoms in total. The van der Waals surface area contributed by atoms with Gasteiger partial charge in [-0.05, 0) is 17.5 Å². The van der Waals surface area contributed by atoms with Crippen molar-refractivity contribution in [1.82, 2.24) is 15.0 Å². The first-order chi connectivity index (χ1) is 10.6. The molecule has 0 bridgehead atoms. The third-order valence-electron chi connectivity index (χ3n) is 3.65. The molecular formula is C17H17N3O2. The van der Waals surface area contributed by atoms with Gasteiger partial charge in [0, 0.05) is 17.3 Å². The lowest BCUT2D eigenvalue weighted by Crippen LogP contribution is -2.04. The van der Waals surface area contributed by atoms with Crippen molar-refractivity contribution in [2.75, 3.05) is 6.61 Å². The molecule has 22 heavy (non-hydrogen) atoms. The number of carbonyl (C=O) groups excluding carboxylic acids is 1. The van der Waals surface area contributed by atoms with Gasteiger partial charge in [0.2, 0.25) is 0 Å². The van der Waals surface area contributed by atoms with E-state index in [-0.39, 0.29) is 5.78 Å². The van der Waals surface area contributed by atoms with Crippen LogP contribution in [0.2, 0.25) is 0 Å². The highest BCUT2D eigenvalue weighted by Crippen LogP contribution is 2.22. The predicted molar refractivity (Wildman–Crippen MR) is 84.8 cm³/mol. The van der Waals surface area contributed by atoms with Crippen LogP contribution >= 0.6 is 0 Å². The van der Waals surface area contributed by atoms with Crippen LogP contribution < -0.4 is 0 Å². The summed E-state index contributed by atoms with van der Waals surface area (Å²) in [7, 11) is 0. The number of Topliss-reactive ketones (excluding diaryl/α,β-unsaturated/α-hetero) is 1. The molecule has 0 amide bonds. The minimum atomic E-state index is -0.523. The maximum absolute atomic E-state index is 11.5. The Balaban J connectivity index is 1.99. The van der Waals surface area contributed by atoms with Gasteiger partial charge in [-0.25, -0.2) is 9.97 Å². The van der Waals surface area contributed by atoms with Gasteiger partial charge < -0.3 is 10.1 Å². The van der Waals surface area contributed by atoms with Gasteiger partial charge in [0.05, 0.1) is 5.52 Å². The first-order valence-electron chi connectivity index (χ1n) is 7.18. The van der Waals surface area contributed by atoms with Crippen LogP contribution in [0, 0.1) is 0 Å². The van der Waals surface area contributed by atoms with Crippen LogP contribution in [0.1, 0.15) is 35.7 Å². The topological polar surface area (TPSA) is 78.9 Å². The first kappa shape index (κ1) is 14.4. The van der Waals surface area contributed by atoms with E-state index in [1.54, 1.807) is 6.07 Å². The summed E-state index contributed by atoms with van der Waals surface area (Å²) in [5.74, 6) is 0.844. The van der Waals surface area contributed by atoms with E-state index in [0.717, 1.165) is 5.56 Å². The molecule has 0 aliphatic rings. The fourth-order valence-electron chi connectivity index (χ4n) is 2.31. The van der Waals surface area contributed by atoms with Crippen LogP contribution in [0.15, 0.2) is 36.5 Å². The van der Waals surface area contributed by atoms with Crippen molar-refractivity contribution in [3.05, 3.63) is 47.7 Å². The Morgan fingerprint density at radius 1 is 1.27 bits per heavy atom. The zero-order valence-electron chi connectivity index (χ0n) is 12.5.